The van der Waals surface area contributed by atoms with Gasteiger partial charge in [-0.25, -0.2) is 0 Å². The Morgan fingerprint density at radius 3 is 2.64 bits per heavy atom. The fourth-order valence-electron chi connectivity index (χ4n) is 4.06. The summed E-state index contributed by atoms with van der Waals surface area (Å²) in [5.74, 6) is -0.568. The molecule has 1 unspecified atom stereocenters. The smallest absolute Gasteiger partial charge is 0.280 e. The highest BCUT2D eigenvalue weighted by Crippen LogP contribution is 2.34. The van der Waals surface area contributed by atoms with Gasteiger partial charge in [-0.1, -0.05) is 6.07 Å². The van der Waals surface area contributed by atoms with Gasteiger partial charge in [0.25, 0.3) is 10.2 Å². The predicted molar refractivity (Wildman–Crippen MR) is 94.0 cm³/mol. The number of aryl methyl sites for hydroxylation is 1. The summed E-state index contributed by atoms with van der Waals surface area (Å²) in [6.45, 7) is 2.01. The third-order valence-electron chi connectivity index (χ3n) is 5.41. The molecule has 2 fully saturated rings. The Morgan fingerprint density at radius 1 is 1.20 bits per heavy atom. The van der Waals surface area contributed by atoms with Crippen molar-refractivity contribution in [3.8, 4) is 0 Å². The van der Waals surface area contributed by atoms with Crippen LogP contribution in [0.5, 0.6) is 0 Å². The van der Waals surface area contributed by atoms with Gasteiger partial charge in [0.05, 0.1) is 13.2 Å². The van der Waals surface area contributed by atoms with Gasteiger partial charge in [-0.3, -0.25) is 0 Å². The van der Waals surface area contributed by atoms with Crippen molar-refractivity contribution in [3.63, 3.8) is 0 Å². The van der Waals surface area contributed by atoms with E-state index in [9.17, 15) is 8.42 Å². The maximum Gasteiger partial charge on any atom is 0.280 e. The summed E-state index contributed by atoms with van der Waals surface area (Å²) in [5, 5.41) is 0. The fourth-order valence-corrected chi connectivity index (χ4v) is 5.48. The van der Waals surface area contributed by atoms with Gasteiger partial charge in [0.15, 0.2) is 5.79 Å². The summed E-state index contributed by atoms with van der Waals surface area (Å²) in [4.78, 5) is 0. The maximum atomic E-state index is 12.8. The Balaban J connectivity index is 1.46. The number of nitrogen functional groups attached to an aromatic ring is 1. The molecule has 7 nitrogen and oxygen atoms in total. The number of ether oxygens (including phenoxy) is 2. The van der Waals surface area contributed by atoms with Gasteiger partial charge >= 0.3 is 0 Å². The lowest BCUT2D eigenvalue weighted by Gasteiger charge is -2.37. The van der Waals surface area contributed by atoms with Gasteiger partial charge in [0.2, 0.25) is 0 Å². The third-order valence-corrected chi connectivity index (χ3v) is 7.04. The van der Waals surface area contributed by atoms with Crippen molar-refractivity contribution in [2.24, 2.45) is 0 Å². The highest BCUT2D eigenvalue weighted by atomic mass is 32.2. The molecule has 1 aromatic carbocycles. The number of anilines is 1. The Morgan fingerprint density at radius 2 is 1.92 bits per heavy atom. The summed E-state index contributed by atoms with van der Waals surface area (Å²) in [6, 6.07) is 5.55. The maximum absolute atomic E-state index is 12.8. The molecule has 2 heterocycles. The lowest BCUT2D eigenvalue weighted by Crippen LogP contribution is -2.51. The number of hydrogen-bond acceptors (Lipinski definition) is 5. The van der Waals surface area contributed by atoms with E-state index in [1.807, 2.05) is 18.2 Å². The van der Waals surface area contributed by atoms with Crippen molar-refractivity contribution in [2.45, 2.75) is 43.9 Å². The predicted octanol–water partition coefficient (Wildman–Crippen LogP) is 1.32. The van der Waals surface area contributed by atoms with Crippen LogP contribution in [0.3, 0.4) is 0 Å². The van der Waals surface area contributed by atoms with E-state index in [4.69, 9.17) is 15.2 Å². The molecule has 2 saturated heterocycles. The summed E-state index contributed by atoms with van der Waals surface area (Å²) < 4.78 is 41.4. The first kappa shape index (κ1) is 17.2. The van der Waals surface area contributed by atoms with Crippen LogP contribution in [-0.4, -0.2) is 44.8 Å². The molecule has 25 heavy (non-hydrogen) atoms. The lowest BCUT2D eigenvalue weighted by atomic mass is 9.88. The van der Waals surface area contributed by atoms with Gasteiger partial charge in [0.1, 0.15) is 0 Å². The van der Waals surface area contributed by atoms with E-state index in [-0.39, 0.29) is 6.04 Å². The zero-order valence-electron chi connectivity index (χ0n) is 14.2. The highest BCUT2D eigenvalue weighted by molar-refractivity contribution is 7.87. The standard InChI is InChI=1S/C17H25N3O4S/c18-14-4-5-15-13(12-14)2-1-3-16(15)19-25(21,22)20-8-6-17(7-9-20)23-10-11-24-17/h4-5,12,16,19H,1-3,6-11,18H2. The summed E-state index contributed by atoms with van der Waals surface area (Å²) in [7, 11) is -3.54. The minimum absolute atomic E-state index is 0.191. The summed E-state index contributed by atoms with van der Waals surface area (Å²) in [6.07, 6.45) is 3.85. The molecule has 1 atom stereocenters. The zero-order chi connectivity index (χ0) is 17.5. The second kappa shape index (κ2) is 6.51. The molecule has 0 amide bonds. The first-order valence-corrected chi connectivity index (χ1v) is 10.4. The Labute approximate surface area is 148 Å². The number of fused-ring (bicyclic) bond motifs is 1. The lowest BCUT2D eigenvalue weighted by molar-refractivity contribution is -0.179. The van der Waals surface area contributed by atoms with E-state index >= 15 is 0 Å². The number of nitrogens with zero attached hydrogens (tertiary/aromatic N) is 1. The molecular weight excluding hydrogens is 342 g/mol. The Bertz CT molecular complexity index is 736. The van der Waals surface area contributed by atoms with Crippen LogP contribution in [-0.2, 0) is 26.1 Å². The van der Waals surface area contributed by atoms with Crippen molar-refractivity contribution < 1.29 is 17.9 Å². The molecular formula is C17H25N3O4S. The molecule has 2 aliphatic heterocycles. The normalized spacial score (nSPS) is 26.6. The van der Waals surface area contributed by atoms with Crippen LogP contribution in [0.4, 0.5) is 5.69 Å². The molecule has 0 aromatic heterocycles. The SMILES string of the molecule is Nc1ccc2c(c1)CCCC2NS(=O)(=O)N1CCC2(CC1)OCCO2. The van der Waals surface area contributed by atoms with Crippen LogP contribution in [0.25, 0.3) is 0 Å². The molecule has 0 bridgehead atoms. The van der Waals surface area contributed by atoms with Crippen LogP contribution in [0, 0.1) is 0 Å². The minimum Gasteiger partial charge on any atom is -0.399 e. The average molecular weight is 367 g/mol. The molecule has 4 rings (SSSR count). The molecule has 0 radical (unpaired) electrons. The average Bonchev–Trinajstić information content (AvgIpc) is 3.03. The quantitative estimate of drug-likeness (QED) is 0.786. The number of benzene rings is 1. The van der Waals surface area contributed by atoms with E-state index in [0.29, 0.717) is 39.1 Å². The Hall–Kier alpha value is -1.19. The van der Waals surface area contributed by atoms with E-state index in [0.717, 1.165) is 36.1 Å². The zero-order valence-corrected chi connectivity index (χ0v) is 15.1. The van der Waals surface area contributed by atoms with E-state index in [1.54, 1.807) is 0 Å². The van der Waals surface area contributed by atoms with Crippen LogP contribution in [0.15, 0.2) is 18.2 Å². The molecule has 138 valence electrons. The first-order chi connectivity index (χ1) is 12.0. The van der Waals surface area contributed by atoms with Crippen molar-refractivity contribution >= 4 is 15.9 Å². The monoisotopic (exact) mass is 367 g/mol. The number of nitrogens with one attached hydrogen (secondary N) is 1. The van der Waals surface area contributed by atoms with Crippen LogP contribution >= 0.6 is 0 Å². The van der Waals surface area contributed by atoms with Crippen LogP contribution in [0.1, 0.15) is 42.9 Å². The molecule has 0 saturated carbocycles. The van der Waals surface area contributed by atoms with Crippen molar-refractivity contribution in [1.29, 1.82) is 0 Å². The van der Waals surface area contributed by atoms with Crippen molar-refractivity contribution in [3.05, 3.63) is 29.3 Å². The summed E-state index contributed by atoms with van der Waals surface area (Å²) >= 11 is 0. The first-order valence-electron chi connectivity index (χ1n) is 8.91. The van der Waals surface area contributed by atoms with Gasteiger partial charge in [0, 0.05) is 37.7 Å². The molecule has 1 aliphatic carbocycles. The molecule has 8 heteroatoms. The Kier molecular flexibility index (Phi) is 4.49. The minimum atomic E-state index is -3.54. The fraction of sp³-hybridized carbons (Fsp3) is 0.647. The van der Waals surface area contributed by atoms with Gasteiger partial charge in [-0.15, -0.1) is 0 Å². The van der Waals surface area contributed by atoms with Gasteiger partial charge in [-0.05, 0) is 42.5 Å². The van der Waals surface area contributed by atoms with Crippen LogP contribution < -0.4 is 10.5 Å². The second-order valence-corrected chi connectivity index (χ2v) is 8.73. The van der Waals surface area contributed by atoms with Crippen molar-refractivity contribution in [2.75, 3.05) is 32.0 Å². The van der Waals surface area contributed by atoms with Gasteiger partial charge in [-0.2, -0.15) is 17.4 Å². The molecule has 1 spiro atoms. The van der Waals surface area contributed by atoms with Crippen molar-refractivity contribution in [1.82, 2.24) is 9.03 Å². The number of nitrogens with two attached hydrogens (primary N) is 1. The van der Waals surface area contributed by atoms with E-state index in [1.165, 1.54) is 4.31 Å². The number of rotatable bonds is 3. The summed E-state index contributed by atoms with van der Waals surface area (Å²) in [5.41, 5.74) is 8.76. The number of piperidine rings is 1. The third kappa shape index (κ3) is 3.41. The van der Waals surface area contributed by atoms with E-state index in [2.05, 4.69) is 4.72 Å². The number of hydrogen-bond donors (Lipinski definition) is 2. The van der Waals surface area contributed by atoms with Gasteiger partial charge < -0.3 is 15.2 Å². The molecule has 1 aromatic rings. The molecule has 3 aliphatic rings. The highest BCUT2D eigenvalue weighted by Gasteiger charge is 2.42. The molecule has 3 N–H and O–H groups in total. The largest absolute Gasteiger partial charge is 0.399 e. The van der Waals surface area contributed by atoms with E-state index < -0.39 is 16.0 Å². The van der Waals surface area contributed by atoms with Crippen LogP contribution in [0.2, 0.25) is 0 Å². The topological polar surface area (TPSA) is 93.9 Å². The second-order valence-electron chi connectivity index (χ2n) is 7.03.